The highest BCUT2D eigenvalue weighted by atomic mass is 32.2. The molecule has 11 heteroatoms. The standard InChI is InChI=1S/C25H30N6O4S/c1-29(2)10-9-19-5-3-6-20(15-19)21-7-4-8-23(16-21)36(34,35)31-13-11-30(12-14-31)25-26-17-22(18-27-25)24(32)28-33/h3-8,15-18,33H,9-14H2,1-2H3,(H,28,32). The van der Waals surface area contributed by atoms with Gasteiger partial charge in [-0.25, -0.2) is 23.9 Å². The van der Waals surface area contributed by atoms with Gasteiger partial charge in [0.15, 0.2) is 0 Å². The van der Waals surface area contributed by atoms with Crippen molar-refractivity contribution in [3.8, 4) is 11.1 Å². The summed E-state index contributed by atoms with van der Waals surface area (Å²) < 4.78 is 28.3. The lowest BCUT2D eigenvalue weighted by atomic mass is 10.0. The molecule has 2 N–H and O–H groups in total. The molecule has 36 heavy (non-hydrogen) atoms. The first-order valence-electron chi connectivity index (χ1n) is 11.6. The van der Waals surface area contributed by atoms with E-state index in [2.05, 4.69) is 27.0 Å². The lowest BCUT2D eigenvalue weighted by Gasteiger charge is -2.34. The molecular formula is C25H30N6O4S. The van der Waals surface area contributed by atoms with Crippen molar-refractivity contribution in [3.63, 3.8) is 0 Å². The largest absolute Gasteiger partial charge is 0.338 e. The quantitative estimate of drug-likeness (QED) is 0.348. The summed E-state index contributed by atoms with van der Waals surface area (Å²) in [5, 5.41) is 8.71. The van der Waals surface area contributed by atoms with Gasteiger partial charge in [-0.1, -0.05) is 36.4 Å². The van der Waals surface area contributed by atoms with Crippen LogP contribution >= 0.6 is 0 Å². The van der Waals surface area contributed by atoms with E-state index in [1.54, 1.807) is 18.2 Å². The summed E-state index contributed by atoms with van der Waals surface area (Å²) in [6.07, 6.45) is 3.56. The topological polar surface area (TPSA) is 119 Å². The summed E-state index contributed by atoms with van der Waals surface area (Å²) >= 11 is 0. The van der Waals surface area contributed by atoms with Gasteiger partial charge in [-0.3, -0.25) is 10.0 Å². The minimum absolute atomic E-state index is 0.130. The number of carbonyl (C=O) groups is 1. The Morgan fingerprint density at radius 1 is 1.00 bits per heavy atom. The Morgan fingerprint density at radius 2 is 1.64 bits per heavy atom. The van der Waals surface area contributed by atoms with Gasteiger partial charge in [0.1, 0.15) is 0 Å². The van der Waals surface area contributed by atoms with E-state index >= 15 is 0 Å². The summed E-state index contributed by atoms with van der Waals surface area (Å²) in [6.45, 7) is 2.34. The third-order valence-corrected chi connectivity index (χ3v) is 8.00. The summed E-state index contributed by atoms with van der Waals surface area (Å²) in [5.41, 5.74) is 4.73. The number of rotatable bonds is 8. The molecule has 10 nitrogen and oxygen atoms in total. The van der Waals surface area contributed by atoms with Crippen LogP contribution in [0, 0.1) is 0 Å². The second kappa shape index (κ2) is 11.1. The van der Waals surface area contributed by atoms with Gasteiger partial charge in [-0.2, -0.15) is 4.31 Å². The van der Waals surface area contributed by atoms with Gasteiger partial charge < -0.3 is 9.80 Å². The predicted octanol–water partition coefficient (Wildman–Crippen LogP) is 1.88. The van der Waals surface area contributed by atoms with Crippen LogP contribution in [0.15, 0.2) is 65.8 Å². The summed E-state index contributed by atoms with van der Waals surface area (Å²) in [5.74, 6) is -0.294. The second-order valence-corrected chi connectivity index (χ2v) is 10.8. The highest BCUT2D eigenvalue weighted by Crippen LogP contribution is 2.26. The van der Waals surface area contributed by atoms with E-state index in [1.165, 1.54) is 27.7 Å². The van der Waals surface area contributed by atoms with Gasteiger partial charge in [0.2, 0.25) is 16.0 Å². The number of hydroxylamine groups is 1. The highest BCUT2D eigenvalue weighted by molar-refractivity contribution is 7.89. The van der Waals surface area contributed by atoms with Crippen molar-refractivity contribution in [1.82, 2.24) is 24.7 Å². The summed E-state index contributed by atoms with van der Waals surface area (Å²) in [6, 6.07) is 15.3. The number of carbonyl (C=O) groups excluding carboxylic acids is 1. The molecule has 1 saturated heterocycles. The molecule has 1 amide bonds. The number of piperazine rings is 1. The minimum atomic E-state index is -3.67. The predicted molar refractivity (Wildman–Crippen MR) is 136 cm³/mol. The minimum Gasteiger partial charge on any atom is -0.338 e. The maximum atomic E-state index is 13.4. The maximum Gasteiger partial charge on any atom is 0.277 e. The van der Waals surface area contributed by atoms with E-state index in [0.717, 1.165) is 24.1 Å². The molecule has 0 unspecified atom stereocenters. The smallest absolute Gasteiger partial charge is 0.277 e. The Balaban J connectivity index is 1.45. The van der Waals surface area contributed by atoms with Gasteiger partial charge in [0.05, 0.1) is 10.5 Å². The van der Waals surface area contributed by atoms with Gasteiger partial charge in [0.25, 0.3) is 5.91 Å². The number of benzene rings is 2. The van der Waals surface area contributed by atoms with E-state index in [9.17, 15) is 13.2 Å². The van der Waals surface area contributed by atoms with E-state index in [0.29, 0.717) is 19.0 Å². The van der Waals surface area contributed by atoms with Crippen molar-refractivity contribution in [2.24, 2.45) is 0 Å². The van der Waals surface area contributed by atoms with E-state index in [-0.39, 0.29) is 23.5 Å². The molecule has 0 atom stereocenters. The third kappa shape index (κ3) is 5.88. The normalized spacial score (nSPS) is 14.7. The van der Waals surface area contributed by atoms with E-state index in [4.69, 9.17) is 5.21 Å². The monoisotopic (exact) mass is 510 g/mol. The molecule has 0 spiro atoms. The Labute approximate surface area is 211 Å². The van der Waals surface area contributed by atoms with Crippen LogP contribution in [0.4, 0.5) is 5.95 Å². The molecule has 190 valence electrons. The number of hydrogen-bond donors (Lipinski definition) is 2. The summed E-state index contributed by atoms with van der Waals surface area (Å²) in [4.78, 5) is 24.0. The first-order valence-corrected chi connectivity index (χ1v) is 13.1. The second-order valence-electron chi connectivity index (χ2n) is 8.89. The zero-order valence-electron chi connectivity index (χ0n) is 20.3. The van der Waals surface area contributed by atoms with Crippen LogP contribution in [0.25, 0.3) is 11.1 Å². The van der Waals surface area contributed by atoms with Crippen molar-refractivity contribution in [2.45, 2.75) is 11.3 Å². The molecule has 3 aromatic rings. The van der Waals surface area contributed by atoms with E-state index in [1.807, 2.05) is 37.2 Å². The fourth-order valence-electron chi connectivity index (χ4n) is 4.04. The molecule has 1 aromatic heterocycles. The number of amides is 1. The Morgan fingerprint density at radius 3 is 2.28 bits per heavy atom. The molecule has 4 rings (SSSR count). The Bertz CT molecular complexity index is 1310. The highest BCUT2D eigenvalue weighted by Gasteiger charge is 2.29. The average molecular weight is 511 g/mol. The van der Waals surface area contributed by atoms with Crippen molar-refractivity contribution in [2.75, 3.05) is 51.7 Å². The van der Waals surface area contributed by atoms with Crippen LogP contribution < -0.4 is 10.4 Å². The lowest BCUT2D eigenvalue weighted by Crippen LogP contribution is -2.49. The first-order chi connectivity index (χ1) is 17.3. The third-order valence-electron chi connectivity index (χ3n) is 6.10. The number of nitrogens with zero attached hydrogens (tertiary/aromatic N) is 5. The molecule has 1 aliphatic rings. The Kier molecular flexibility index (Phi) is 7.94. The number of sulfonamides is 1. The zero-order chi connectivity index (χ0) is 25.7. The average Bonchev–Trinajstić information content (AvgIpc) is 2.92. The Hall–Kier alpha value is -3.38. The molecule has 1 fully saturated rings. The molecule has 2 heterocycles. The molecule has 0 saturated carbocycles. The van der Waals surface area contributed by atoms with Gasteiger partial charge in [-0.15, -0.1) is 0 Å². The van der Waals surface area contributed by atoms with Crippen LogP contribution in [-0.2, 0) is 16.4 Å². The fourth-order valence-corrected chi connectivity index (χ4v) is 5.51. The molecule has 0 radical (unpaired) electrons. The number of anilines is 1. The number of nitrogens with one attached hydrogen (secondary N) is 1. The van der Waals surface area contributed by atoms with Crippen molar-refractivity contribution >= 4 is 21.9 Å². The van der Waals surface area contributed by atoms with Crippen LogP contribution in [0.5, 0.6) is 0 Å². The number of hydrogen-bond acceptors (Lipinski definition) is 8. The SMILES string of the molecule is CN(C)CCc1cccc(-c2cccc(S(=O)(=O)N3CCN(c4ncc(C(=O)NO)cn4)CC3)c2)c1. The van der Waals surface area contributed by atoms with Gasteiger partial charge in [-0.05, 0) is 49.3 Å². The fraction of sp³-hybridized carbons (Fsp3) is 0.320. The van der Waals surface area contributed by atoms with Crippen LogP contribution in [-0.4, -0.2) is 85.5 Å². The van der Waals surface area contributed by atoms with Gasteiger partial charge in [0, 0.05) is 45.1 Å². The molecular weight excluding hydrogens is 480 g/mol. The van der Waals surface area contributed by atoms with E-state index < -0.39 is 15.9 Å². The molecule has 0 bridgehead atoms. The van der Waals surface area contributed by atoms with Crippen LogP contribution in [0.2, 0.25) is 0 Å². The lowest BCUT2D eigenvalue weighted by molar-refractivity contribution is 0.0705. The maximum absolute atomic E-state index is 13.4. The van der Waals surface area contributed by atoms with Crippen molar-refractivity contribution < 1.29 is 18.4 Å². The van der Waals surface area contributed by atoms with Crippen molar-refractivity contribution in [3.05, 3.63) is 72.1 Å². The van der Waals surface area contributed by atoms with Crippen LogP contribution in [0.1, 0.15) is 15.9 Å². The molecule has 2 aromatic carbocycles. The summed E-state index contributed by atoms with van der Waals surface area (Å²) in [7, 11) is 0.410. The number of likely N-dealkylation sites (N-methyl/N-ethyl adjacent to an activating group) is 1. The number of aromatic nitrogens is 2. The molecule has 0 aliphatic carbocycles. The van der Waals surface area contributed by atoms with Gasteiger partial charge >= 0.3 is 0 Å². The van der Waals surface area contributed by atoms with Crippen LogP contribution in [0.3, 0.4) is 0 Å². The first kappa shape index (κ1) is 25.7. The van der Waals surface area contributed by atoms with Crippen molar-refractivity contribution in [1.29, 1.82) is 0 Å². The molecule has 1 aliphatic heterocycles. The zero-order valence-corrected chi connectivity index (χ0v) is 21.1.